The van der Waals surface area contributed by atoms with Crippen molar-refractivity contribution in [2.75, 3.05) is 11.9 Å². The lowest BCUT2D eigenvalue weighted by Gasteiger charge is -2.13. The molecule has 0 aliphatic rings. The molecule has 0 aromatic heterocycles. The summed E-state index contributed by atoms with van der Waals surface area (Å²) >= 11 is 5.66. The number of hydrogen-bond donors (Lipinski definition) is 1. The monoisotopic (exact) mass is 416 g/mol. The fourth-order valence-electron chi connectivity index (χ4n) is 2.23. The Balaban J connectivity index is 2.03. The van der Waals surface area contributed by atoms with Crippen LogP contribution in [0.15, 0.2) is 48.0 Å². The van der Waals surface area contributed by atoms with Gasteiger partial charge in [-0.25, -0.2) is 9.18 Å². The summed E-state index contributed by atoms with van der Waals surface area (Å²) in [5.41, 5.74) is 0.196. The van der Waals surface area contributed by atoms with Crippen LogP contribution in [0.4, 0.5) is 10.1 Å². The maximum absolute atomic E-state index is 13.8. The number of nitriles is 1. The van der Waals surface area contributed by atoms with E-state index in [1.165, 1.54) is 25.1 Å². The molecule has 0 saturated heterocycles. The molecule has 29 heavy (non-hydrogen) atoms. The van der Waals surface area contributed by atoms with Crippen molar-refractivity contribution in [2.45, 2.75) is 20.0 Å². The summed E-state index contributed by atoms with van der Waals surface area (Å²) in [6.45, 7) is 3.69. The van der Waals surface area contributed by atoms with Crippen LogP contribution in [0.2, 0.25) is 5.02 Å². The highest BCUT2D eigenvalue weighted by molar-refractivity contribution is 6.30. The molecule has 1 N–H and O–H groups in total. The van der Waals surface area contributed by atoms with Crippen LogP contribution in [0.1, 0.15) is 19.4 Å². The second kappa shape index (κ2) is 10.2. The Bertz CT molecular complexity index is 968. The third-order valence-corrected chi connectivity index (χ3v) is 3.92. The average molecular weight is 417 g/mol. The first-order valence-electron chi connectivity index (χ1n) is 8.65. The number of hydrogen-bond acceptors (Lipinski definition) is 5. The van der Waals surface area contributed by atoms with Gasteiger partial charge >= 0.3 is 5.97 Å². The van der Waals surface area contributed by atoms with Crippen LogP contribution in [0.3, 0.4) is 0 Å². The van der Waals surface area contributed by atoms with E-state index in [1.54, 1.807) is 30.3 Å². The molecular weight excluding hydrogens is 399 g/mol. The molecular formula is C21H18ClFN2O4. The number of carbonyl (C=O) groups is 2. The molecule has 2 aromatic carbocycles. The van der Waals surface area contributed by atoms with E-state index >= 15 is 0 Å². The van der Waals surface area contributed by atoms with Crippen molar-refractivity contribution >= 4 is 35.2 Å². The maximum Gasteiger partial charge on any atom is 0.349 e. The molecule has 1 atom stereocenters. The number of nitrogens with one attached hydrogen (secondary N) is 1. The number of rotatable bonds is 7. The SMILES string of the molecule is CCOc1ccc(/C=C(\C#N)C(=O)O[C@H](C)C(=O)Nc2ccc(Cl)cc2F)cc1. The number of amides is 1. The second-order valence-corrected chi connectivity index (χ2v) is 6.27. The molecule has 1 amide bonds. The standard InChI is InChI=1S/C21H18ClFN2O4/c1-3-28-17-7-4-14(5-8-17)10-15(12-24)21(27)29-13(2)20(26)25-19-9-6-16(22)11-18(19)23/h4-11,13H,3H2,1-2H3,(H,25,26)/b15-10+/t13-/m1/s1. The fraction of sp³-hybridized carbons (Fsp3) is 0.190. The number of ether oxygens (including phenoxy) is 2. The molecule has 6 nitrogen and oxygen atoms in total. The van der Waals surface area contributed by atoms with Crippen LogP contribution in [0.5, 0.6) is 5.75 Å². The van der Waals surface area contributed by atoms with Gasteiger partial charge in [-0.05, 0) is 55.8 Å². The lowest BCUT2D eigenvalue weighted by Crippen LogP contribution is -2.30. The molecule has 0 saturated carbocycles. The average Bonchev–Trinajstić information content (AvgIpc) is 2.69. The third kappa shape index (κ3) is 6.33. The highest BCUT2D eigenvalue weighted by Gasteiger charge is 2.21. The van der Waals surface area contributed by atoms with Crippen molar-refractivity contribution in [2.24, 2.45) is 0 Å². The molecule has 0 unspecified atom stereocenters. The van der Waals surface area contributed by atoms with Crippen LogP contribution < -0.4 is 10.1 Å². The minimum Gasteiger partial charge on any atom is -0.494 e. The van der Waals surface area contributed by atoms with E-state index in [9.17, 15) is 19.2 Å². The molecule has 0 spiro atoms. The van der Waals surface area contributed by atoms with E-state index in [4.69, 9.17) is 21.1 Å². The quantitative estimate of drug-likeness (QED) is 0.411. The second-order valence-electron chi connectivity index (χ2n) is 5.83. The zero-order chi connectivity index (χ0) is 21.4. The van der Waals surface area contributed by atoms with Gasteiger partial charge in [-0.3, -0.25) is 4.79 Å². The van der Waals surface area contributed by atoms with Gasteiger partial charge in [0.1, 0.15) is 23.2 Å². The Hall–Kier alpha value is -3.37. The molecule has 2 aromatic rings. The van der Waals surface area contributed by atoms with Gasteiger partial charge in [-0.1, -0.05) is 23.7 Å². The summed E-state index contributed by atoms with van der Waals surface area (Å²) in [5, 5.41) is 11.7. The van der Waals surface area contributed by atoms with Crippen LogP contribution in [0.25, 0.3) is 6.08 Å². The van der Waals surface area contributed by atoms with E-state index in [0.29, 0.717) is 17.9 Å². The Labute approximate surface area is 172 Å². The van der Waals surface area contributed by atoms with E-state index in [2.05, 4.69) is 5.32 Å². The molecule has 0 radical (unpaired) electrons. The summed E-state index contributed by atoms with van der Waals surface area (Å²) in [7, 11) is 0. The van der Waals surface area contributed by atoms with Gasteiger partial charge < -0.3 is 14.8 Å². The molecule has 0 aliphatic heterocycles. The maximum atomic E-state index is 13.8. The van der Waals surface area contributed by atoms with Gasteiger partial charge in [0, 0.05) is 5.02 Å². The summed E-state index contributed by atoms with van der Waals surface area (Å²) in [6, 6.07) is 12.2. The normalized spacial score (nSPS) is 11.9. The number of carbonyl (C=O) groups excluding carboxylic acids is 2. The smallest absolute Gasteiger partial charge is 0.349 e. The summed E-state index contributed by atoms with van der Waals surface area (Å²) < 4.78 is 24.1. The van der Waals surface area contributed by atoms with E-state index < -0.39 is 23.8 Å². The van der Waals surface area contributed by atoms with Crippen molar-refractivity contribution in [1.82, 2.24) is 0 Å². The van der Waals surface area contributed by atoms with Crippen LogP contribution in [-0.4, -0.2) is 24.6 Å². The lowest BCUT2D eigenvalue weighted by molar-refractivity contribution is -0.148. The molecule has 0 aliphatic carbocycles. The lowest BCUT2D eigenvalue weighted by atomic mass is 10.1. The fourth-order valence-corrected chi connectivity index (χ4v) is 2.39. The molecule has 150 valence electrons. The van der Waals surface area contributed by atoms with Crippen molar-refractivity contribution in [1.29, 1.82) is 5.26 Å². The predicted octanol–water partition coefficient (Wildman–Crippen LogP) is 4.36. The number of benzene rings is 2. The number of halogens is 2. The van der Waals surface area contributed by atoms with Gasteiger partial charge in [0.15, 0.2) is 6.10 Å². The van der Waals surface area contributed by atoms with Gasteiger partial charge in [-0.15, -0.1) is 0 Å². The van der Waals surface area contributed by atoms with E-state index in [0.717, 1.165) is 6.07 Å². The largest absolute Gasteiger partial charge is 0.494 e. The van der Waals surface area contributed by atoms with Gasteiger partial charge in [-0.2, -0.15) is 5.26 Å². The Morgan fingerprint density at radius 1 is 1.28 bits per heavy atom. The minimum atomic E-state index is -1.25. The number of anilines is 1. The first-order valence-corrected chi connectivity index (χ1v) is 9.03. The third-order valence-electron chi connectivity index (χ3n) is 3.68. The minimum absolute atomic E-state index is 0.104. The first kappa shape index (κ1) is 21.9. The predicted molar refractivity (Wildman–Crippen MR) is 107 cm³/mol. The summed E-state index contributed by atoms with van der Waals surface area (Å²) in [4.78, 5) is 24.4. The molecule has 2 rings (SSSR count). The van der Waals surface area contributed by atoms with Crippen molar-refractivity contribution in [3.05, 3.63) is 64.4 Å². The summed E-state index contributed by atoms with van der Waals surface area (Å²) in [5.74, 6) is -1.79. The molecule has 0 fully saturated rings. The molecule has 0 bridgehead atoms. The van der Waals surface area contributed by atoms with Crippen molar-refractivity contribution in [3.63, 3.8) is 0 Å². The highest BCUT2D eigenvalue weighted by Crippen LogP contribution is 2.19. The highest BCUT2D eigenvalue weighted by atomic mass is 35.5. The van der Waals surface area contributed by atoms with Crippen LogP contribution in [0, 0.1) is 17.1 Å². The van der Waals surface area contributed by atoms with E-state index in [1.807, 2.05) is 6.92 Å². The zero-order valence-electron chi connectivity index (χ0n) is 15.7. The van der Waals surface area contributed by atoms with Crippen LogP contribution >= 0.6 is 11.6 Å². The first-order chi connectivity index (χ1) is 13.8. The van der Waals surface area contributed by atoms with Gasteiger partial charge in [0.25, 0.3) is 5.91 Å². The van der Waals surface area contributed by atoms with Gasteiger partial charge in [0.05, 0.1) is 12.3 Å². The Kier molecular flexibility index (Phi) is 7.75. The van der Waals surface area contributed by atoms with Crippen molar-refractivity contribution in [3.8, 4) is 11.8 Å². The topological polar surface area (TPSA) is 88.4 Å². The summed E-state index contributed by atoms with van der Waals surface area (Å²) in [6.07, 6.45) is 0.0799. The zero-order valence-corrected chi connectivity index (χ0v) is 16.5. The molecule has 0 heterocycles. The number of nitrogens with zero attached hydrogens (tertiary/aromatic N) is 1. The van der Waals surface area contributed by atoms with Crippen molar-refractivity contribution < 1.29 is 23.5 Å². The number of esters is 1. The Morgan fingerprint density at radius 3 is 2.55 bits per heavy atom. The van der Waals surface area contributed by atoms with Gasteiger partial charge in [0.2, 0.25) is 0 Å². The Morgan fingerprint density at radius 2 is 1.97 bits per heavy atom. The molecule has 8 heteroatoms. The van der Waals surface area contributed by atoms with E-state index in [-0.39, 0.29) is 16.3 Å². The van der Waals surface area contributed by atoms with Crippen LogP contribution in [-0.2, 0) is 14.3 Å².